The van der Waals surface area contributed by atoms with E-state index in [0.29, 0.717) is 5.92 Å². The standard InChI is InChI=1S/C11H15ClN2O/c12-11-13-10(14-15-11)9(7-3-1-4-7)8-5-2-6-8/h7-9H,1-6H2. The van der Waals surface area contributed by atoms with Crippen molar-refractivity contribution in [1.82, 2.24) is 10.1 Å². The van der Waals surface area contributed by atoms with Crippen molar-refractivity contribution in [2.24, 2.45) is 11.8 Å². The molecule has 0 unspecified atom stereocenters. The van der Waals surface area contributed by atoms with Gasteiger partial charge in [-0.1, -0.05) is 18.0 Å². The van der Waals surface area contributed by atoms with Crippen molar-refractivity contribution in [3.8, 4) is 0 Å². The molecule has 1 aromatic heterocycles. The highest BCUT2D eigenvalue weighted by Crippen LogP contribution is 2.49. The molecule has 0 saturated heterocycles. The van der Waals surface area contributed by atoms with Crippen molar-refractivity contribution < 1.29 is 4.52 Å². The first-order valence-corrected chi connectivity index (χ1v) is 6.21. The van der Waals surface area contributed by atoms with Gasteiger partial charge in [0.25, 0.3) is 0 Å². The molecule has 0 aliphatic heterocycles. The smallest absolute Gasteiger partial charge is 0.320 e. The van der Waals surface area contributed by atoms with Gasteiger partial charge in [0, 0.05) is 5.92 Å². The Labute approximate surface area is 94.2 Å². The normalized spacial score (nSPS) is 22.8. The number of nitrogens with zero attached hydrogens (tertiary/aromatic N) is 2. The van der Waals surface area contributed by atoms with E-state index in [4.69, 9.17) is 16.1 Å². The molecule has 0 aromatic carbocycles. The van der Waals surface area contributed by atoms with Gasteiger partial charge in [-0.05, 0) is 49.1 Å². The van der Waals surface area contributed by atoms with Crippen LogP contribution in [-0.2, 0) is 0 Å². The van der Waals surface area contributed by atoms with Crippen LogP contribution in [0.5, 0.6) is 0 Å². The Bertz CT molecular complexity index is 330. The van der Waals surface area contributed by atoms with Gasteiger partial charge in [0.15, 0.2) is 5.82 Å². The third-order valence-electron chi connectivity index (χ3n) is 4.03. The van der Waals surface area contributed by atoms with Crippen molar-refractivity contribution in [2.75, 3.05) is 0 Å². The molecule has 2 saturated carbocycles. The van der Waals surface area contributed by atoms with Gasteiger partial charge in [-0.15, -0.1) is 0 Å². The van der Waals surface area contributed by atoms with E-state index in [0.717, 1.165) is 17.7 Å². The molecule has 2 fully saturated rings. The average Bonchev–Trinajstić information content (AvgIpc) is 2.44. The maximum atomic E-state index is 5.70. The van der Waals surface area contributed by atoms with E-state index < -0.39 is 0 Å². The van der Waals surface area contributed by atoms with Crippen molar-refractivity contribution in [2.45, 2.75) is 44.4 Å². The summed E-state index contributed by atoms with van der Waals surface area (Å²) < 4.78 is 4.89. The lowest BCUT2D eigenvalue weighted by Crippen LogP contribution is -2.31. The Morgan fingerprint density at radius 3 is 2.07 bits per heavy atom. The van der Waals surface area contributed by atoms with Crippen LogP contribution in [0.15, 0.2) is 4.52 Å². The van der Waals surface area contributed by atoms with Crippen LogP contribution >= 0.6 is 11.6 Å². The van der Waals surface area contributed by atoms with Gasteiger partial charge in [-0.2, -0.15) is 4.98 Å². The van der Waals surface area contributed by atoms with Crippen LogP contribution in [-0.4, -0.2) is 10.1 Å². The fourth-order valence-electron chi connectivity index (χ4n) is 2.76. The molecule has 1 heterocycles. The molecule has 82 valence electrons. The predicted molar refractivity (Wildman–Crippen MR) is 56.7 cm³/mol. The monoisotopic (exact) mass is 226 g/mol. The molecule has 2 aliphatic rings. The molecule has 4 heteroatoms. The van der Waals surface area contributed by atoms with Gasteiger partial charge in [0.1, 0.15) is 0 Å². The van der Waals surface area contributed by atoms with Crippen LogP contribution in [0.4, 0.5) is 0 Å². The highest BCUT2D eigenvalue weighted by molar-refractivity contribution is 6.27. The fourth-order valence-corrected chi connectivity index (χ4v) is 2.88. The largest absolute Gasteiger partial charge is 0.321 e. The second-order valence-electron chi connectivity index (χ2n) is 4.81. The number of aromatic nitrogens is 2. The van der Waals surface area contributed by atoms with E-state index >= 15 is 0 Å². The summed E-state index contributed by atoms with van der Waals surface area (Å²) in [4.78, 5) is 4.20. The molecular formula is C11H15ClN2O. The Morgan fingerprint density at radius 1 is 1.13 bits per heavy atom. The second-order valence-corrected chi connectivity index (χ2v) is 5.14. The summed E-state index contributed by atoms with van der Waals surface area (Å²) in [6, 6.07) is 0. The molecule has 0 radical (unpaired) electrons. The molecule has 15 heavy (non-hydrogen) atoms. The summed E-state index contributed by atoms with van der Waals surface area (Å²) in [5, 5.41) is 4.19. The van der Waals surface area contributed by atoms with Gasteiger partial charge in [-0.25, -0.2) is 0 Å². The summed E-state index contributed by atoms with van der Waals surface area (Å²) >= 11 is 5.70. The number of hydrogen-bond acceptors (Lipinski definition) is 3. The topological polar surface area (TPSA) is 38.9 Å². The Morgan fingerprint density at radius 2 is 1.73 bits per heavy atom. The molecule has 0 spiro atoms. The molecular weight excluding hydrogens is 212 g/mol. The van der Waals surface area contributed by atoms with Gasteiger partial charge >= 0.3 is 5.35 Å². The molecule has 0 bridgehead atoms. The number of halogens is 1. The van der Waals surface area contributed by atoms with Crippen molar-refractivity contribution >= 4 is 11.6 Å². The third kappa shape index (κ3) is 1.67. The lowest BCUT2D eigenvalue weighted by molar-refractivity contribution is 0.141. The second kappa shape index (κ2) is 3.78. The lowest BCUT2D eigenvalue weighted by atomic mass is 9.64. The van der Waals surface area contributed by atoms with Gasteiger partial charge in [0.05, 0.1) is 0 Å². The van der Waals surface area contributed by atoms with E-state index in [1.165, 1.54) is 38.5 Å². The molecule has 3 nitrogen and oxygen atoms in total. The maximum absolute atomic E-state index is 5.70. The summed E-state index contributed by atoms with van der Waals surface area (Å²) in [5.74, 6) is 2.94. The van der Waals surface area contributed by atoms with Gasteiger partial charge in [0.2, 0.25) is 0 Å². The highest BCUT2D eigenvalue weighted by atomic mass is 35.5. The zero-order chi connectivity index (χ0) is 10.3. The van der Waals surface area contributed by atoms with E-state index in [1.54, 1.807) is 0 Å². The van der Waals surface area contributed by atoms with E-state index in [-0.39, 0.29) is 5.35 Å². The molecule has 3 rings (SSSR count). The third-order valence-corrected chi connectivity index (χ3v) is 4.18. The molecule has 0 N–H and O–H groups in total. The highest BCUT2D eigenvalue weighted by Gasteiger charge is 2.39. The van der Waals surface area contributed by atoms with E-state index in [1.807, 2.05) is 0 Å². The fraction of sp³-hybridized carbons (Fsp3) is 0.818. The Hall–Kier alpha value is -0.570. The summed E-state index contributed by atoms with van der Waals surface area (Å²) in [5.41, 5.74) is 0. The van der Waals surface area contributed by atoms with Crippen molar-refractivity contribution in [3.63, 3.8) is 0 Å². The SMILES string of the molecule is Clc1nc(C(C2CCC2)C2CCC2)no1. The zero-order valence-electron chi connectivity index (χ0n) is 8.66. The molecule has 1 aromatic rings. The van der Waals surface area contributed by atoms with Crippen LogP contribution in [0.2, 0.25) is 5.35 Å². The predicted octanol–water partition coefficient (Wildman–Crippen LogP) is 3.41. The summed E-state index contributed by atoms with van der Waals surface area (Å²) in [6.45, 7) is 0. The van der Waals surface area contributed by atoms with E-state index in [9.17, 15) is 0 Å². The minimum Gasteiger partial charge on any atom is -0.321 e. The van der Waals surface area contributed by atoms with Gasteiger partial charge in [-0.3, -0.25) is 0 Å². The summed E-state index contributed by atoms with van der Waals surface area (Å²) in [6.07, 6.45) is 8.03. The minimum atomic E-state index is 0.189. The molecule has 2 aliphatic carbocycles. The average molecular weight is 227 g/mol. The summed E-state index contributed by atoms with van der Waals surface area (Å²) in [7, 11) is 0. The van der Waals surface area contributed by atoms with E-state index in [2.05, 4.69) is 10.1 Å². The van der Waals surface area contributed by atoms with Crippen LogP contribution in [0.1, 0.15) is 50.3 Å². The molecule has 0 atom stereocenters. The first kappa shape index (κ1) is 9.64. The number of hydrogen-bond donors (Lipinski definition) is 0. The lowest BCUT2D eigenvalue weighted by Gasteiger charge is -2.40. The minimum absolute atomic E-state index is 0.189. The Kier molecular flexibility index (Phi) is 2.43. The van der Waals surface area contributed by atoms with Crippen LogP contribution in [0.3, 0.4) is 0 Å². The Balaban J connectivity index is 1.81. The molecule has 0 amide bonds. The van der Waals surface area contributed by atoms with Crippen LogP contribution in [0, 0.1) is 11.8 Å². The van der Waals surface area contributed by atoms with Crippen LogP contribution < -0.4 is 0 Å². The maximum Gasteiger partial charge on any atom is 0.320 e. The van der Waals surface area contributed by atoms with Gasteiger partial charge < -0.3 is 4.52 Å². The zero-order valence-corrected chi connectivity index (χ0v) is 9.41. The first-order chi connectivity index (χ1) is 7.34. The van der Waals surface area contributed by atoms with Crippen molar-refractivity contribution in [3.05, 3.63) is 11.2 Å². The first-order valence-electron chi connectivity index (χ1n) is 5.83. The van der Waals surface area contributed by atoms with Crippen molar-refractivity contribution in [1.29, 1.82) is 0 Å². The quantitative estimate of drug-likeness (QED) is 0.793. The number of rotatable bonds is 3. The van der Waals surface area contributed by atoms with Crippen LogP contribution in [0.25, 0.3) is 0 Å².